The summed E-state index contributed by atoms with van der Waals surface area (Å²) in [6.07, 6.45) is 3.44. The van der Waals surface area contributed by atoms with Crippen LogP contribution in [0.3, 0.4) is 0 Å². The van der Waals surface area contributed by atoms with Crippen molar-refractivity contribution in [2.24, 2.45) is 0 Å². The maximum atomic E-state index is 9.89. The van der Waals surface area contributed by atoms with Crippen LogP contribution in [0.5, 0.6) is 0 Å². The summed E-state index contributed by atoms with van der Waals surface area (Å²) in [4.78, 5) is 13.5. The zero-order valence-electron chi connectivity index (χ0n) is 4.11. The lowest BCUT2D eigenvalue weighted by Crippen LogP contribution is -2.02. The first-order chi connectivity index (χ1) is 3.83. The summed E-state index contributed by atoms with van der Waals surface area (Å²) in [5, 5.41) is 0. The van der Waals surface area contributed by atoms with Gasteiger partial charge in [-0.25, -0.2) is 4.98 Å². The van der Waals surface area contributed by atoms with Crippen molar-refractivity contribution in [3.8, 4) is 0 Å². The number of nitrogens with two attached hydrogens (primary N) is 1. The van der Waals surface area contributed by atoms with Crippen molar-refractivity contribution in [2.75, 3.05) is 5.84 Å². The molecular formula is C4H5N3O. The molecule has 4 nitrogen and oxygen atoms in total. The summed E-state index contributed by atoms with van der Waals surface area (Å²) in [7, 11) is 0. The van der Waals surface area contributed by atoms with Gasteiger partial charge in [-0.05, 0) is 0 Å². The highest BCUT2D eigenvalue weighted by Crippen LogP contribution is 1.84. The molecule has 42 valence electrons. The molecule has 0 radical (unpaired) electrons. The van der Waals surface area contributed by atoms with Crippen LogP contribution in [-0.2, 0) is 0 Å². The number of carbonyl (C=O) groups excluding carboxylic acids is 1. The average Bonchev–Trinajstić information content (AvgIpc) is 2.14. The fraction of sp³-hybridized carbons (Fsp3) is 0. The first-order valence-corrected chi connectivity index (χ1v) is 2.07. The molecule has 1 heterocycles. The largest absolute Gasteiger partial charge is 0.338 e. The highest BCUT2D eigenvalue weighted by molar-refractivity contribution is 5.70. The van der Waals surface area contributed by atoms with Gasteiger partial charge in [0.1, 0.15) is 12.0 Å². The Morgan fingerprint density at radius 3 is 2.88 bits per heavy atom. The first-order valence-electron chi connectivity index (χ1n) is 2.07. The molecule has 1 rings (SSSR count). The minimum Gasteiger partial charge on any atom is -0.338 e. The number of hydrogen-bond acceptors (Lipinski definition) is 3. The van der Waals surface area contributed by atoms with Gasteiger partial charge < -0.3 is 5.84 Å². The number of nitrogens with zero attached hydrogens (tertiary/aromatic N) is 2. The molecule has 0 aliphatic heterocycles. The Morgan fingerprint density at radius 1 is 1.88 bits per heavy atom. The Labute approximate surface area is 45.9 Å². The van der Waals surface area contributed by atoms with E-state index in [2.05, 4.69) is 4.98 Å². The molecule has 0 amide bonds. The van der Waals surface area contributed by atoms with Crippen molar-refractivity contribution in [1.29, 1.82) is 0 Å². The van der Waals surface area contributed by atoms with E-state index in [0.717, 1.165) is 0 Å². The Kier molecular flexibility index (Phi) is 0.997. The third-order valence-electron chi connectivity index (χ3n) is 0.742. The van der Waals surface area contributed by atoms with Gasteiger partial charge in [0.25, 0.3) is 0 Å². The summed E-state index contributed by atoms with van der Waals surface area (Å²) in [5.74, 6) is 5.15. The summed E-state index contributed by atoms with van der Waals surface area (Å²) in [6.45, 7) is 0. The lowest BCUT2D eigenvalue weighted by atomic mass is 10.6. The molecule has 0 atom stereocenters. The van der Waals surface area contributed by atoms with Crippen LogP contribution >= 0.6 is 0 Å². The van der Waals surface area contributed by atoms with Crippen LogP contribution < -0.4 is 5.84 Å². The third kappa shape index (κ3) is 0.676. The van der Waals surface area contributed by atoms with Crippen molar-refractivity contribution < 1.29 is 4.79 Å². The van der Waals surface area contributed by atoms with Crippen molar-refractivity contribution in [3.05, 3.63) is 18.2 Å². The van der Waals surface area contributed by atoms with Gasteiger partial charge >= 0.3 is 0 Å². The van der Waals surface area contributed by atoms with Crippen molar-refractivity contribution in [2.45, 2.75) is 0 Å². The summed E-state index contributed by atoms with van der Waals surface area (Å²) in [5.41, 5.74) is 0.354. The Hall–Kier alpha value is -1.32. The van der Waals surface area contributed by atoms with Crippen LogP contribution in [0.1, 0.15) is 10.5 Å². The van der Waals surface area contributed by atoms with Gasteiger partial charge in [-0.3, -0.25) is 9.47 Å². The van der Waals surface area contributed by atoms with Gasteiger partial charge in [0, 0.05) is 0 Å². The van der Waals surface area contributed by atoms with E-state index in [1.807, 2.05) is 0 Å². The van der Waals surface area contributed by atoms with Crippen LogP contribution in [0.2, 0.25) is 0 Å². The SMILES string of the molecule is Nn1cnc(C=O)c1. The second-order valence-electron chi connectivity index (χ2n) is 1.36. The van der Waals surface area contributed by atoms with E-state index in [9.17, 15) is 4.79 Å². The smallest absolute Gasteiger partial charge is 0.170 e. The third-order valence-corrected chi connectivity index (χ3v) is 0.742. The maximum absolute atomic E-state index is 9.89. The topological polar surface area (TPSA) is 60.9 Å². The minimum absolute atomic E-state index is 0.354. The van der Waals surface area contributed by atoms with E-state index in [1.54, 1.807) is 0 Å². The lowest BCUT2D eigenvalue weighted by Gasteiger charge is -1.79. The van der Waals surface area contributed by atoms with Crippen LogP contribution in [0.4, 0.5) is 0 Å². The van der Waals surface area contributed by atoms with E-state index in [0.29, 0.717) is 12.0 Å². The summed E-state index contributed by atoms with van der Waals surface area (Å²) < 4.78 is 1.23. The van der Waals surface area contributed by atoms with Crippen molar-refractivity contribution >= 4 is 6.29 Å². The number of hydrogen-bond donors (Lipinski definition) is 1. The molecule has 8 heavy (non-hydrogen) atoms. The molecule has 0 bridgehead atoms. The first kappa shape index (κ1) is 4.83. The predicted molar refractivity (Wildman–Crippen MR) is 27.8 cm³/mol. The van der Waals surface area contributed by atoms with Crippen LogP contribution in [-0.4, -0.2) is 15.9 Å². The number of aromatic nitrogens is 2. The fourth-order valence-electron chi connectivity index (χ4n) is 0.414. The molecule has 0 unspecified atom stereocenters. The number of nitrogen functional groups attached to an aromatic ring is 1. The van der Waals surface area contributed by atoms with Gasteiger partial charge in [-0.2, -0.15) is 0 Å². The quantitative estimate of drug-likeness (QED) is 0.389. The summed E-state index contributed by atoms with van der Waals surface area (Å²) in [6, 6.07) is 0. The summed E-state index contributed by atoms with van der Waals surface area (Å²) >= 11 is 0. The standard InChI is InChI=1S/C4H5N3O/c5-7-1-4(2-8)6-3-7/h1-3H,5H2. The molecule has 0 saturated carbocycles. The Balaban J connectivity index is 3.00. The van der Waals surface area contributed by atoms with Gasteiger partial charge in [0.05, 0.1) is 6.20 Å². The lowest BCUT2D eigenvalue weighted by molar-refractivity contribution is 0.111. The number of aldehydes is 1. The van der Waals surface area contributed by atoms with E-state index in [-0.39, 0.29) is 0 Å². The highest BCUT2D eigenvalue weighted by Gasteiger charge is 1.89. The van der Waals surface area contributed by atoms with Crippen LogP contribution in [0.15, 0.2) is 12.5 Å². The molecule has 0 fully saturated rings. The zero-order chi connectivity index (χ0) is 5.98. The van der Waals surface area contributed by atoms with Gasteiger partial charge in [0.2, 0.25) is 0 Å². The van der Waals surface area contributed by atoms with E-state index < -0.39 is 0 Å². The maximum Gasteiger partial charge on any atom is 0.170 e. The molecular weight excluding hydrogens is 106 g/mol. The normalized spacial score (nSPS) is 9.00. The Bertz CT molecular complexity index is 193. The van der Waals surface area contributed by atoms with E-state index in [1.165, 1.54) is 17.2 Å². The minimum atomic E-state index is 0.354. The molecule has 0 saturated heterocycles. The molecule has 0 aromatic carbocycles. The number of carbonyl (C=O) groups is 1. The van der Waals surface area contributed by atoms with Crippen molar-refractivity contribution in [3.63, 3.8) is 0 Å². The van der Waals surface area contributed by atoms with E-state index in [4.69, 9.17) is 5.84 Å². The highest BCUT2D eigenvalue weighted by atomic mass is 16.1. The van der Waals surface area contributed by atoms with Gasteiger partial charge in [0.15, 0.2) is 6.29 Å². The molecule has 0 aliphatic carbocycles. The molecule has 2 N–H and O–H groups in total. The van der Waals surface area contributed by atoms with Crippen LogP contribution in [0.25, 0.3) is 0 Å². The molecule has 0 aliphatic rings. The second kappa shape index (κ2) is 1.65. The van der Waals surface area contributed by atoms with E-state index >= 15 is 0 Å². The predicted octanol–water partition coefficient (Wildman–Crippen LogP) is -0.591. The second-order valence-corrected chi connectivity index (χ2v) is 1.36. The van der Waals surface area contributed by atoms with Gasteiger partial charge in [-0.15, -0.1) is 0 Å². The Morgan fingerprint density at radius 2 is 2.62 bits per heavy atom. The number of rotatable bonds is 1. The zero-order valence-corrected chi connectivity index (χ0v) is 4.11. The fourth-order valence-corrected chi connectivity index (χ4v) is 0.414. The monoisotopic (exact) mass is 111 g/mol. The molecule has 1 aromatic rings. The molecule has 1 aromatic heterocycles. The number of imidazole rings is 1. The van der Waals surface area contributed by atoms with Crippen LogP contribution in [0, 0.1) is 0 Å². The molecule has 4 heteroatoms. The average molecular weight is 111 g/mol. The van der Waals surface area contributed by atoms with Crippen molar-refractivity contribution in [1.82, 2.24) is 9.66 Å². The van der Waals surface area contributed by atoms with Gasteiger partial charge in [-0.1, -0.05) is 0 Å². The molecule has 0 spiro atoms.